The summed E-state index contributed by atoms with van der Waals surface area (Å²) < 4.78 is 10.5. The fourth-order valence-electron chi connectivity index (χ4n) is 3.39. The zero-order chi connectivity index (χ0) is 21.2. The minimum absolute atomic E-state index is 0.00541. The van der Waals surface area contributed by atoms with Gasteiger partial charge in [0.25, 0.3) is 0 Å². The van der Waals surface area contributed by atoms with E-state index in [2.05, 4.69) is 35.2 Å². The minimum atomic E-state index is -0.172. The number of hydrogen-bond acceptors (Lipinski definition) is 6. The summed E-state index contributed by atoms with van der Waals surface area (Å²) in [7, 11) is 0. The number of anilines is 1. The molecular formula is C24H28N2O4. The third kappa shape index (κ3) is 5.90. The van der Waals surface area contributed by atoms with Crippen molar-refractivity contribution in [2.75, 3.05) is 51.0 Å². The molecule has 6 nitrogen and oxygen atoms in total. The molecule has 3 rings (SSSR count). The van der Waals surface area contributed by atoms with Crippen LogP contribution in [0.4, 0.5) is 5.69 Å². The summed E-state index contributed by atoms with van der Waals surface area (Å²) in [5.41, 5.74) is 2.23. The van der Waals surface area contributed by atoms with Crippen LogP contribution in [0, 0.1) is 11.3 Å². The van der Waals surface area contributed by atoms with E-state index in [1.165, 1.54) is 12.1 Å². The Labute approximate surface area is 177 Å². The van der Waals surface area contributed by atoms with Crippen LogP contribution >= 0.6 is 0 Å². The minimum Gasteiger partial charge on any atom is -0.394 e. The molecule has 0 aliphatic carbocycles. The lowest BCUT2D eigenvalue weighted by molar-refractivity contribution is -0.115. The first-order valence-corrected chi connectivity index (χ1v) is 10.4. The summed E-state index contributed by atoms with van der Waals surface area (Å²) in [4.78, 5) is 14.8. The molecule has 6 heteroatoms. The summed E-state index contributed by atoms with van der Waals surface area (Å²) in [6.07, 6.45) is 3.71. The zero-order valence-electron chi connectivity index (χ0n) is 17.2. The monoisotopic (exact) mass is 408 g/mol. The molecule has 158 valence electrons. The van der Waals surface area contributed by atoms with Crippen LogP contribution in [-0.2, 0) is 14.3 Å². The maximum absolute atomic E-state index is 12.4. The third-order valence-electron chi connectivity index (χ3n) is 5.11. The highest BCUT2D eigenvalue weighted by Crippen LogP contribution is 2.31. The van der Waals surface area contributed by atoms with Crippen LogP contribution in [0.15, 0.2) is 42.0 Å². The van der Waals surface area contributed by atoms with E-state index < -0.39 is 0 Å². The molecule has 0 aromatic heterocycles. The van der Waals surface area contributed by atoms with Crippen LogP contribution < -0.4 is 4.90 Å². The van der Waals surface area contributed by atoms with Crippen molar-refractivity contribution in [3.63, 3.8) is 0 Å². The molecule has 0 radical (unpaired) electrons. The van der Waals surface area contributed by atoms with Gasteiger partial charge >= 0.3 is 0 Å². The number of allylic oxidation sites excluding steroid dienone is 1. The molecule has 0 unspecified atom stereocenters. The van der Waals surface area contributed by atoms with E-state index in [4.69, 9.17) is 14.6 Å². The van der Waals surface area contributed by atoms with Gasteiger partial charge in [-0.3, -0.25) is 4.79 Å². The molecule has 1 saturated heterocycles. The number of aliphatic hydroxyl groups is 1. The Morgan fingerprint density at radius 2 is 1.93 bits per heavy atom. The molecule has 0 amide bonds. The van der Waals surface area contributed by atoms with Crippen molar-refractivity contribution in [2.45, 2.75) is 19.3 Å². The van der Waals surface area contributed by atoms with Gasteiger partial charge in [-0.2, -0.15) is 5.26 Å². The number of carbonyl (C=O) groups is 1. The van der Waals surface area contributed by atoms with Crippen LogP contribution in [0.5, 0.6) is 0 Å². The number of rotatable bonds is 12. The molecule has 1 fully saturated rings. The molecule has 0 spiro atoms. The van der Waals surface area contributed by atoms with Crippen molar-refractivity contribution in [3.05, 3.63) is 47.5 Å². The summed E-state index contributed by atoms with van der Waals surface area (Å²) in [5, 5.41) is 20.4. The highest BCUT2D eigenvalue weighted by Gasteiger charge is 2.17. The summed E-state index contributed by atoms with van der Waals surface area (Å²) in [6.45, 7) is 3.70. The second kappa shape index (κ2) is 11.5. The largest absolute Gasteiger partial charge is 0.394 e. The van der Waals surface area contributed by atoms with Crippen LogP contribution in [0.2, 0.25) is 0 Å². The number of nitriles is 1. The second-order valence-electron chi connectivity index (χ2n) is 7.24. The Morgan fingerprint density at radius 1 is 1.13 bits per heavy atom. The average Bonchev–Trinajstić information content (AvgIpc) is 2.73. The molecule has 0 saturated carbocycles. The molecule has 0 atom stereocenters. The van der Waals surface area contributed by atoms with E-state index >= 15 is 0 Å². The Morgan fingerprint density at radius 3 is 2.63 bits per heavy atom. The Balaban J connectivity index is 1.59. The van der Waals surface area contributed by atoms with Crippen molar-refractivity contribution in [1.29, 1.82) is 5.26 Å². The van der Waals surface area contributed by atoms with Crippen molar-refractivity contribution < 1.29 is 19.4 Å². The van der Waals surface area contributed by atoms with Crippen molar-refractivity contribution >= 4 is 28.3 Å². The van der Waals surface area contributed by atoms with Gasteiger partial charge in [-0.25, -0.2) is 0 Å². The fourth-order valence-corrected chi connectivity index (χ4v) is 3.39. The topological polar surface area (TPSA) is 82.8 Å². The smallest absolute Gasteiger partial charge is 0.173 e. The highest BCUT2D eigenvalue weighted by atomic mass is 16.5. The molecule has 2 aromatic rings. The lowest BCUT2D eigenvalue weighted by atomic mass is 10.00. The molecule has 0 bridgehead atoms. The van der Waals surface area contributed by atoms with Gasteiger partial charge in [0.05, 0.1) is 32.0 Å². The van der Waals surface area contributed by atoms with E-state index in [0.717, 1.165) is 29.4 Å². The maximum Gasteiger partial charge on any atom is 0.173 e. The van der Waals surface area contributed by atoms with Crippen molar-refractivity contribution in [3.8, 4) is 6.07 Å². The van der Waals surface area contributed by atoms with E-state index in [9.17, 15) is 10.1 Å². The van der Waals surface area contributed by atoms with Gasteiger partial charge in [-0.05, 0) is 42.0 Å². The van der Waals surface area contributed by atoms with Crippen molar-refractivity contribution in [2.24, 2.45) is 0 Å². The Bertz CT molecular complexity index is 928. The Hall–Kier alpha value is -2.72. The number of nitrogens with zero attached hydrogens (tertiary/aromatic N) is 2. The molecule has 1 aliphatic heterocycles. The van der Waals surface area contributed by atoms with E-state index in [-0.39, 0.29) is 24.4 Å². The van der Waals surface area contributed by atoms with Gasteiger partial charge in [0, 0.05) is 37.2 Å². The van der Waals surface area contributed by atoms with Gasteiger partial charge in [0.2, 0.25) is 0 Å². The fraction of sp³-hybridized carbons (Fsp3) is 0.417. The number of benzene rings is 2. The number of ketones is 1. The van der Waals surface area contributed by atoms with Crippen LogP contribution in [0.3, 0.4) is 0 Å². The first-order chi connectivity index (χ1) is 14.7. The summed E-state index contributed by atoms with van der Waals surface area (Å²) in [5.74, 6) is -0.172. The Kier molecular flexibility index (Phi) is 8.40. The third-order valence-corrected chi connectivity index (χ3v) is 5.11. The number of carbonyl (C=O) groups excluding carboxylic acids is 1. The first kappa shape index (κ1) is 22.0. The number of aliphatic hydroxyl groups excluding tert-OH is 1. The van der Waals surface area contributed by atoms with E-state index in [1.807, 2.05) is 12.1 Å². The van der Waals surface area contributed by atoms with Gasteiger partial charge in [0.15, 0.2) is 5.78 Å². The lowest BCUT2D eigenvalue weighted by Gasteiger charge is -2.34. The predicted molar refractivity (Wildman–Crippen MR) is 117 cm³/mol. The molecule has 2 aromatic carbocycles. The number of Topliss-reactive ketones (excluding diaryl/α,β-unsaturated/α-hetero) is 1. The lowest BCUT2D eigenvalue weighted by Crippen LogP contribution is -2.37. The van der Waals surface area contributed by atoms with Crippen LogP contribution in [-0.4, -0.2) is 57.0 Å². The van der Waals surface area contributed by atoms with Gasteiger partial charge < -0.3 is 19.5 Å². The average molecular weight is 408 g/mol. The number of fused-ring (bicyclic) bond motifs is 1. The predicted octanol–water partition coefficient (Wildman–Crippen LogP) is 3.33. The molecular weight excluding hydrogens is 380 g/mol. The maximum atomic E-state index is 12.4. The van der Waals surface area contributed by atoms with Crippen molar-refractivity contribution in [1.82, 2.24) is 0 Å². The second-order valence-corrected chi connectivity index (χ2v) is 7.24. The van der Waals surface area contributed by atoms with Crippen LogP contribution in [0.25, 0.3) is 16.8 Å². The van der Waals surface area contributed by atoms with Gasteiger partial charge in [-0.15, -0.1) is 0 Å². The number of ether oxygens (including phenoxy) is 2. The molecule has 30 heavy (non-hydrogen) atoms. The standard InChI is InChI=1S/C24H28N2O4/c25-18-21(24(28)6-2-12-29-14-15-30-13-11-27)16-19-7-8-20-4-1-5-23(22(20)17-19)26-9-3-10-26/h1,4-5,7-8,16-17,27H,2-3,6,9-15H2/b21-16+. The van der Waals surface area contributed by atoms with E-state index in [0.29, 0.717) is 32.8 Å². The van der Waals surface area contributed by atoms with Gasteiger partial charge in [0.1, 0.15) is 6.07 Å². The normalized spacial score (nSPS) is 13.9. The molecule has 1 aliphatic rings. The van der Waals surface area contributed by atoms with Crippen LogP contribution in [0.1, 0.15) is 24.8 Å². The van der Waals surface area contributed by atoms with Gasteiger partial charge in [-0.1, -0.05) is 24.3 Å². The SMILES string of the molecule is N#C/C(=C\c1ccc2cccc(N3CCC3)c2c1)C(=O)CCCOCCOCCO. The zero-order valence-corrected chi connectivity index (χ0v) is 17.2. The van der Waals surface area contributed by atoms with E-state index in [1.54, 1.807) is 6.08 Å². The first-order valence-electron chi connectivity index (χ1n) is 10.4. The number of hydrogen-bond donors (Lipinski definition) is 1. The quantitative estimate of drug-likeness (QED) is 0.330. The molecule has 1 N–H and O–H groups in total. The molecule has 1 heterocycles. The summed E-state index contributed by atoms with van der Waals surface area (Å²) in [6, 6.07) is 14.4. The highest BCUT2D eigenvalue weighted by molar-refractivity contribution is 6.04. The summed E-state index contributed by atoms with van der Waals surface area (Å²) >= 11 is 0.